The standard InChI is InChI=1S/C14H17BrO3/c1-3-14(10(2)16,9-8-13(17)18)11-4-6-12(15)7-5-11/h4-7H,3,8-9H2,1-2H3,(H,17,18). The monoisotopic (exact) mass is 312 g/mol. The molecule has 0 aliphatic heterocycles. The van der Waals surface area contributed by atoms with Crippen LogP contribution in [0.2, 0.25) is 0 Å². The van der Waals surface area contributed by atoms with Crippen molar-refractivity contribution in [3.8, 4) is 0 Å². The summed E-state index contributed by atoms with van der Waals surface area (Å²) in [6.07, 6.45) is 0.955. The Morgan fingerprint density at radius 3 is 2.22 bits per heavy atom. The lowest BCUT2D eigenvalue weighted by Gasteiger charge is -2.30. The minimum atomic E-state index is -0.869. The Kier molecular flexibility index (Phi) is 5.08. The molecule has 0 aromatic heterocycles. The minimum absolute atomic E-state index is 0.00346. The molecule has 1 aromatic rings. The summed E-state index contributed by atoms with van der Waals surface area (Å²) >= 11 is 3.35. The van der Waals surface area contributed by atoms with E-state index in [1.807, 2.05) is 31.2 Å². The van der Waals surface area contributed by atoms with Crippen molar-refractivity contribution in [2.75, 3.05) is 0 Å². The summed E-state index contributed by atoms with van der Waals surface area (Å²) in [6.45, 7) is 3.46. The third-order valence-electron chi connectivity index (χ3n) is 3.44. The number of carbonyl (C=O) groups excluding carboxylic acids is 1. The Morgan fingerprint density at radius 1 is 1.28 bits per heavy atom. The zero-order valence-corrected chi connectivity index (χ0v) is 12.2. The molecule has 0 heterocycles. The largest absolute Gasteiger partial charge is 0.481 e. The van der Waals surface area contributed by atoms with Crippen LogP contribution in [0.1, 0.15) is 38.7 Å². The van der Waals surface area contributed by atoms with Crippen molar-refractivity contribution in [2.24, 2.45) is 0 Å². The van der Waals surface area contributed by atoms with Crippen molar-refractivity contribution in [3.63, 3.8) is 0 Å². The van der Waals surface area contributed by atoms with Crippen molar-refractivity contribution < 1.29 is 14.7 Å². The number of rotatable bonds is 6. The Labute approximate surface area is 115 Å². The van der Waals surface area contributed by atoms with Gasteiger partial charge in [-0.2, -0.15) is 0 Å². The van der Waals surface area contributed by atoms with Gasteiger partial charge in [0.05, 0.1) is 5.41 Å². The third kappa shape index (κ3) is 3.19. The first-order chi connectivity index (χ1) is 8.42. The van der Waals surface area contributed by atoms with Crippen LogP contribution in [0.15, 0.2) is 28.7 Å². The minimum Gasteiger partial charge on any atom is -0.481 e. The number of aliphatic carboxylic acids is 1. The van der Waals surface area contributed by atoms with E-state index >= 15 is 0 Å². The highest BCUT2D eigenvalue weighted by molar-refractivity contribution is 9.10. The maximum atomic E-state index is 12.0. The van der Waals surface area contributed by atoms with Gasteiger partial charge in [0, 0.05) is 10.9 Å². The van der Waals surface area contributed by atoms with E-state index in [2.05, 4.69) is 15.9 Å². The van der Waals surface area contributed by atoms with Crippen LogP contribution in [0.4, 0.5) is 0 Å². The SMILES string of the molecule is CCC(CCC(=O)O)(C(C)=O)c1ccc(Br)cc1. The highest BCUT2D eigenvalue weighted by atomic mass is 79.9. The van der Waals surface area contributed by atoms with Gasteiger partial charge in [-0.15, -0.1) is 0 Å². The summed E-state index contributed by atoms with van der Waals surface area (Å²) in [5.41, 5.74) is 0.209. The smallest absolute Gasteiger partial charge is 0.303 e. The molecule has 98 valence electrons. The number of halogens is 1. The van der Waals surface area contributed by atoms with E-state index in [0.717, 1.165) is 10.0 Å². The zero-order valence-electron chi connectivity index (χ0n) is 10.6. The molecule has 1 aromatic carbocycles. The molecule has 1 N–H and O–H groups in total. The van der Waals surface area contributed by atoms with Gasteiger partial charge in [0.25, 0.3) is 0 Å². The van der Waals surface area contributed by atoms with Gasteiger partial charge >= 0.3 is 5.97 Å². The lowest BCUT2D eigenvalue weighted by Crippen LogP contribution is -2.34. The summed E-state index contributed by atoms with van der Waals surface area (Å²) in [6, 6.07) is 7.53. The van der Waals surface area contributed by atoms with Crippen LogP contribution in [-0.4, -0.2) is 16.9 Å². The van der Waals surface area contributed by atoms with E-state index in [9.17, 15) is 9.59 Å². The molecule has 4 heteroatoms. The number of hydrogen-bond donors (Lipinski definition) is 1. The van der Waals surface area contributed by atoms with E-state index in [0.29, 0.717) is 12.8 Å². The molecule has 1 rings (SSSR count). The van der Waals surface area contributed by atoms with Crippen molar-refractivity contribution in [3.05, 3.63) is 34.3 Å². The number of Topliss-reactive ketones (excluding diaryl/α,β-unsaturated/α-hetero) is 1. The Balaban J connectivity index is 3.14. The van der Waals surface area contributed by atoms with Crippen LogP contribution in [-0.2, 0) is 15.0 Å². The number of benzene rings is 1. The van der Waals surface area contributed by atoms with Gasteiger partial charge in [-0.1, -0.05) is 35.0 Å². The van der Waals surface area contributed by atoms with Gasteiger partial charge < -0.3 is 5.11 Å². The third-order valence-corrected chi connectivity index (χ3v) is 3.97. The Hall–Kier alpha value is -1.16. The van der Waals surface area contributed by atoms with E-state index < -0.39 is 11.4 Å². The Bertz CT molecular complexity index is 439. The van der Waals surface area contributed by atoms with E-state index in [1.54, 1.807) is 0 Å². The second-order valence-corrected chi connectivity index (χ2v) is 5.31. The van der Waals surface area contributed by atoms with Gasteiger partial charge in [0.2, 0.25) is 0 Å². The van der Waals surface area contributed by atoms with Crippen molar-refractivity contribution in [1.29, 1.82) is 0 Å². The van der Waals surface area contributed by atoms with Crippen molar-refractivity contribution in [2.45, 2.75) is 38.5 Å². The number of carboxylic acid groups (broad SMARTS) is 1. The average molecular weight is 313 g/mol. The molecule has 0 saturated heterocycles. The molecule has 0 fully saturated rings. The van der Waals surface area contributed by atoms with E-state index in [-0.39, 0.29) is 12.2 Å². The predicted molar refractivity (Wildman–Crippen MR) is 73.7 cm³/mol. The molecule has 1 atom stereocenters. The fourth-order valence-electron chi connectivity index (χ4n) is 2.24. The molecule has 0 amide bonds. The van der Waals surface area contributed by atoms with Crippen molar-refractivity contribution in [1.82, 2.24) is 0 Å². The first-order valence-electron chi connectivity index (χ1n) is 5.91. The second kappa shape index (κ2) is 6.14. The van der Waals surface area contributed by atoms with Gasteiger partial charge in [0.15, 0.2) is 0 Å². The number of carbonyl (C=O) groups is 2. The lowest BCUT2D eigenvalue weighted by atomic mass is 9.72. The van der Waals surface area contributed by atoms with Gasteiger partial charge in [-0.3, -0.25) is 9.59 Å². The number of hydrogen-bond acceptors (Lipinski definition) is 2. The summed E-state index contributed by atoms with van der Waals surface area (Å²) in [7, 11) is 0. The zero-order chi connectivity index (χ0) is 13.8. The molecule has 0 bridgehead atoms. The average Bonchev–Trinajstić information content (AvgIpc) is 2.31. The molecular weight excluding hydrogens is 296 g/mol. The normalized spacial score (nSPS) is 13.9. The molecule has 3 nitrogen and oxygen atoms in total. The first-order valence-corrected chi connectivity index (χ1v) is 6.70. The highest BCUT2D eigenvalue weighted by Crippen LogP contribution is 2.34. The fraction of sp³-hybridized carbons (Fsp3) is 0.429. The lowest BCUT2D eigenvalue weighted by molar-refractivity contribution is -0.137. The molecule has 18 heavy (non-hydrogen) atoms. The highest BCUT2D eigenvalue weighted by Gasteiger charge is 2.35. The van der Waals surface area contributed by atoms with Crippen LogP contribution in [0.25, 0.3) is 0 Å². The molecule has 0 radical (unpaired) electrons. The number of ketones is 1. The van der Waals surface area contributed by atoms with Crippen LogP contribution >= 0.6 is 15.9 Å². The summed E-state index contributed by atoms with van der Waals surface area (Å²) in [5.74, 6) is -0.847. The van der Waals surface area contributed by atoms with E-state index in [1.165, 1.54) is 6.92 Å². The van der Waals surface area contributed by atoms with Gasteiger partial charge in [-0.25, -0.2) is 0 Å². The summed E-state index contributed by atoms with van der Waals surface area (Å²) in [4.78, 5) is 22.7. The van der Waals surface area contributed by atoms with Crippen LogP contribution in [0, 0.1) is 0 Å². The van der Waals surface area contributed by atoms with Crippen LogP contribution in [0.3, 0.4) is 0 Å². The number of carboxylic acids is 1. The molecular formula is C14H17BrO3. The maximum absolute atomic E-state index is 12.0. The molecule has 1 unspecified atom stereocenters. The molecule has 0 saturated carbocycles. The first kappa shape index (κ1) is 14.9. The topological polar surface area (TPSA) is 54.4 Å². The van der Waals surface area contributed by atoms with Gasteiger partial charge in [-0.05, 0) is 37.5 Å². The summed E-state index contributed by atoms with van der Waals surface area (Å²) in [5, 5.41) is 8.83. The van der Waals surface area contributed by atoms with Crippen LogP contribution in [0.5, 0.6) is 0 Å². The predicted octanol–water partition coefficient (Wildman–Crippen LogP) is 3.55. The molecule has 0 spiro atoms. The fourth-order valence-corrected chi connectivity index (χ4v) is 2.51. The quantitative estimate of drug-likeness (QED) is 0.874. The van der Waals surface area contributed by atoms with Crippen LogP contribution < -0.4 is 0 Å². The van der Waals surface area contributed by atoms with Gasteiger partial charge in [0.1, 0.15) is 5.78 Å². The van der Waals surface area contributed by atoms with Crippen molar-refractivity contribution >= 4 is 27.7 Å². The molecule has 0 aliphatic rings. The second-order valence-electron chi connectivity index (χ2n) is 4.39. The maximum Gasteiger partial charge on any atom is 0.303 e. The summed E-state index contributed by atoms with van der Waals surface area (Å²) < 4.78 is 0.943. The molecule has 0 aliphatic carbocycles. The van der Waals surface area contributed by atoms with E-state index in [4.69, 9.17) is 5.11 Å². The Morgan fingerprint density at radius 2 is 1.83 bits per heavy atom.